The third kappa shape index (κ3) is 13.2. The van der Waals surface area contributed by atoms with E-state index in [1.54, 1.807) is 0 Å². The molecule has 20 aromatic rings. The fourth-order valence-electron chi connectivity index (χ4n) is 25.5. The van der Waals surface area contributed by atoms with Crippen LogP contribution in [0.2, 0.25) is 0 Å². The van der Waals surface area contributed by atoms with Gasteiger partial charge in [0.1, 0.15) is 72.9 Å². The van der Waals surface area contributed by atoms with Gasteiger partial charge >= 0.3 is 0 Å². The Kier molecular flexibility index (Phi) is 20.6. The van der Waals surface area contributed by atoms with E-state index in [2.05, 4.69) is 425 Å². The molecule has 1 fully saturated rings. The molecule has 0 aliphatic heterocycles. The van der Waals surface area contributed by atoms with E-state index in [0.717, 1.165) is 70.3 Å². The van der Waals surface area contributed by atoms with Crippen LogP contribution in [0.3, 0.4) is 0 Å². The lowest BCUT2D eigenvalue weighted by Crippen LogP contribution is -2.31. The smallest absolute Gasteiger partial charge is 0.216 e. The minimum absolute atomic E-state index is 0.0266. The molecule has 5 aliphatic rings. The first-order valence-electron chi connectivity index (χ1n) is 48.9. The average Bonchev–Trinajstić information content (AvgIpc) is 1.43. The maximum absolute atomic E-state index is 6.76. The summed E-state index contributed by atoms with van der Waals surface area (Å²) >= 11 is 0. The summed E-state index contributed by atoms with van der Waals surface area (Å²) in [7, 11) is 8.47. The van der Waals surface area contributed by atoms with Crippen molar-refractivity contribution in [2.75, 3.05) is 0 Å². The fraction of sp³-hybridized carbons (Fsp3) is 0.270. The van der Waals surface area contributed by atoms with Crippen LogP contribution in [0.4, 0.5) is 0 Å². The standard InChI is InChI=1S/C35H38NO.C31H28NO.C31H30NO.C29H26NO/c1-21(2)18-35(19-22(3)4)29-11-9-8-10-25(29)27-17-32-28(16-30(27)35)26-14-13-24(6)33(34(26)37-32)31-15-12-23(5)20-36(31)7;1-19-10-13-27(32(3)18-19)29-20(2)11-12-22-24-16-26-23(17-28(24)33-30(22)29)21-8-4-5-9-25(21)31(26)14-6-7-15-31;1-6-31(7-2)25-11-9-8-10-21(25)23-16-24-22-14-13-20(4)29(27-15-12-19(3)18-32(27)5)30(22)33-28(24)17-26(23)31;1-17-10-13-25(30(5)16-17)27-18(2)11-12-20-22-14-21-19-8-6-7-9-23(19)29(3,4)24(21)15-26(22)31-28(20)27/h8-17,20-22H,18-19H2,1-7H3;4-5,8-13,16-18H,6-7,14-15H2,1-3H3;8-18H,6-7H2,1-5H3;6-16H,1-5H3/q4*+1. The minimum Gasteiger partial charge on any atom is -0.455 e. The van der Waals surface area contributed by atoms with Gasteiger partial charge in [-0.05, 0) is 290 Å². The summed E-state index contributed by atoms with van der Waals surface area (Å²) in [5.41, 5.74) is 50.1. The Morgan fingerprint density at radius 3 is 0.940 bits per heavy atom. The van der Waals surface area contributed by atoms with Crippen LogP contribution in [-0.4, -0.2) is 0 Å². The van der Waals surface area contributed by atoms with Gasteiger partial charge in [0.2, 0.25) is 22.8 Å². The van der Waals surface area contributed by atoms with E-state index in [-0.39, 0.29) is 21.7 Å². The van der Waals surface area contributed by atoms with Crippen LogP contribution in [0.5, 0.6) is 0 Å². The number of hydrogen-bond acceptors (Lipinski definition) is 4. The Hall–Kier alpha value is -13.6. The van der Waals surface area contributed by atoms with Gasteiger partial charge in [-0.1, -0.05) is 214 Å². The van der Waals surface area contributed by atoms with Crippen molar-refractivity contribution < 1.29 is 35.9 Å². The van der Waals surface area contributed by atoms with Gasteiger partial charge in [0.05, 0.1) is 22.3 Å². The highest BCUT2D eigenvalue weighted by molar-refractivity contribution is 6.16. The molecule has 134 heavy (non-hydrogen) atoms. The quantitative estimate of drug-likeness (QED) is 0.128. The molecule has 0 amide bonds. The molecular weight excluding hydrogens is 1630 g/mol. The van der Waals surface area contributed by atoms with Gasteiger partial charge in [-0.15, -0.1) is 0 Å². The van der Waals surface area contributed by atoms with Crippen molar-refractivity contribution in [1.82, 2.24) is 0 Å². The van der Waals surface area contributed by atoms with E-state index in [9.17, 15) is 0 Å². The maximum Gasteiger partial charge on any atom is 0.216 e. The highest BCUT2D eigenvalue weighted by Crippen LogP contribution is 2.62. The van der Waals surface area contributed by atoms with E-state index in [1.165, 1.54) is 247 Å². The first kappa shape index (κ1) is 85.9. The largest absolute Gasteiger partial charge is 0.455 e. The lowest BCUT2D eigenvalue weighted by atomic mass is 9.68. The molecule has 25 rings (SSSR count). The Morgan fingerprint density at radius 1 is 0.276 bits per heavy atom. The van der Waals surface area contributed by atoms with Crippen molar-refractivity contribution in [1.29, 1.82) is 0 Å². The monoisotopic (exact) mass is 1750 g/mol. The van der Waals surface area contributed by atoms with Crippen LogP contribution in [0.25, 0.3) is 177 Å². The lowest BCUT2D eigenvalue weighted by Gasteiger charge is -2.35. The number of furan rings is 4. The summed E-state index contributed by atoms with van der Waals surface area (Å²) in [5.74, 6) is 1.20. The fourth-order valence-corrected chi connectivity index (χ4v) is 25.5. The molecular formula is C126H122N4O4+4. The molecule has 8 heteroatoms. The van der Waals surface area contributed by atoms with Crippen molar-refractivity contribution >= 4 is 87.8 Å². The van der Waals surface area contributed by atoms with Crippen molar-refractivity contribution in [2.24, 2.45) is 40.0 Å². The van der Waals surface area contributed by atoms with Crippen LogP contribution in [0.15, 0.2) is 285 Å². The molecule has 0 saturated heterocycles. The Bertz CT molecular complexity index is 8220. The zero-order chi connectivity index (χ0) is 92.8. The highest BCUT2D eigenvalue weighted by Gasteiger charge is 2.48. The van der Waals surface area contributed by atoms with Crippen LogP contribution in [0, 0.1) is 67.2 Å². The van der Waals surface area contributed by atoms with Gasteiger partial charge in [0, 0.05) is 111 Å². The van der Waals surface area contributed by atoms with Gasteiger partial charge < -0.3 is 17.7 Å². The number of nitrogens with zero attached hydrogens (tertiary/aromatic N) is 4. The number of rotatable bonds is 10. The molecule has 8 aromatic heterocycles. The Morgan fingerprint density at radius 2 is 0.567 bits per heavy atom. The summed E-state index contributed by atoms with van der Waals surface area (Å²) in [6, 6.07) is 90.3. The zero-order valence-electron chi connectivity index (χ0n) is 81.6. The topological polar surface area (TPSA) is 68.1 Å². The van der Waals surface area contributed by atoms with Gasteiger partial charge in [0.25, 0.3) is 0 Å². The number of aromatic nitrogens is 4. The first-order chi connectivity index (χ1) is 64.6. The SMILES string of the molecule is CCC1(CC)c2ccccc2-c2cc3c(cc21)oc1c(-c2ccc(C)c[n+]2C)c(C)ccc13.Cc1ccc(-c2c(C)ccc3c2oc2cc4c(cc23)-c2ccccc2C4(C)C)[n+](C)c1.Cc1ccc(-c2c(C)ccc3c2oc2cc4c(cc23)C(CC(C)C)(CC(C)C)c2ccccc2-4)[n+](C)c1.Cc1ccc(-c2c(C)ccc3c2oc2cc4c(cc23)C2(CCCC2)c2ccccc2-4)[n+](C)c1. The normalized spacial score (nSPS) is 14.6. The lowest BCUT2D eigenvalue weighted by molar-refractivity contribution is -0.660. The van der Waals surface area contributed by atoms with Crippen molar-refractivity contribution in [3.05, 3.63) is 356 Å². The van der Waals surface area contributed by atoms with Gasteiger partial charge in [-0.25, -0.2) is 18.3 Å². The third-order valence-corrected chi connectivity index (χ3v) is 31.6. The minimum atomic E-state index is -0.0266. The molecule has 5 aliphatic carbocycles. The Labute approximate surface area is 788 Å². The van der Waals surface area contributed by atoms with Crippen LogP contribution in [0.1, 0.15) is 196 Å². The summed E-state index contributed by atoms with van der Waals surface area (Å²) in [5, 5.41) is 9.68. The molecule has 0 N–H and O–H groups in total. The van der Waals surface area contributed by atoms with E-state index in [0.29, 0.717) is 11.8 Å². The molecule has 0 atom stereocenters. The second-order valence-electron chi connectivity index (χ2n) is 41.5. The van der Waals surface area contributed by atoms with Crippen LogP contribution in [-0.2, 0) is 49.9 Å². The Balaban J connectivity index is 0.000000104. The number of fused-ring (bicyclic) bond motifs is 26. The average molecular weight is 1760 g/mol. The molecule has 1 saturated carbocycles. The third-order valence-electron chi connectivity index (χ3n) is 31.6. The second kappa shape index (κ2) is 32.1. The van der Waals surface area contributed by atoms with Crippen LogP contribution >= 0.6 is 0 Å². The number of hydrogen-bond donors (Lipinski definition) is 0. The van der Waals surface area contributed by atoms with Crippen LogP contribution < -0.4 is 18.3 Å². The van der Waals surface area contributed by atoms with Gasteiger partial charge in [-0.2, -0.15) is 0 Å². The molecule has 8 heterocycles. The molecule has 666 valence electrons. The summed E-state index contributed by atoms with van der Waals surface area (Å²) in [6.45, 7) is 36.0. The first-order valence-corrected chi connectivity index (χ1v) is 48.9. The molecule has 8 nitrogen and oxygen atoms in total. The molecule has 0 radical (unpaired) electrons. The highest BCUT2D eigenvalue weighted by atomic mass is 16.3. The predicted molar refractivity (Wildman–Crippen MR) is 553 cm³/mol. The van der Waals surface area contributed by atoms with Gasteiger partial charge in [-0.3, -0.25) is 0 Å². The molecule has 1 spiro atoms. The summed E-state index contributed by atoms with van der Waals surface area (Å²) in [4.78, 5) is 0. The molecule has 0 unspecified atom stereocenters. The second-order valence-corrected chi connectivity index (χ2v) is 41.5. The molecule has 12 aromatic carbocycles. The van der Waals surface area contributed by atoms with Crippen molar-refractivity contribution in [3.63, 3.8) is 0 Å². The summed E-state index contributed by atoms with van der Waals surface area (Å²) < 4.78 is 35.6. The predicted octanol–water partition coefficient (Wildman–Crippen LogP) is 31.4. The van der Waals surface area contributed by atoms with Gasteiger partial charge in [0.15, 0.2) is 24.8 Å². The van der Waals surface area contributed by atoms with E-state index in [4.69, 9.17) is 17.7 Å². The van der Waals surface area contributed by atoms with Crippen molar-refractivity contribution in [2.45, 2.75) is 184 Å². The number of aryl methyl sites for hydroxylation is 12. The van der Waals surface area contributed by atoms with E-state index >= 15 is 0 Å². The maximum atomic E-state index is 6.76. The van der Waals surface area contributed by atoms with E-state index in [1.807, 2.05) is 0 Å². The zero-order valence-corrected chi connectivity index (χ0v) is 81.6. The molecule has 0 bridgehead atoms. The van der Waals surface area contributed by atoms with E-state index < -0.39 is 0 Å². The van der Waals surface area contributed by atoms with Crippen molar-refractivity contribution in [3.8, 4) is 89.5 Å². The number of pyridine rings is 4. The summed E-state index contributed by atoms with van der Waals surface area (Å²) in [6.07, 6.45) is 18.3. The number of benzene rings is 12.